The molecule has 0 amide bonds. The van der Waals surface area contributed by atoms with Gasteiger partial charge in [-0.3, -0.25) is 4.98 Å². The van der Waals surface area contributed by atoms with Crippen molar-refractivity contribution in [3.8, 4) is 0 Å². The Labute approximate surface area is 107 Å². The lowest BCUT2D eigenvalue weighted by molar-refractivity contribution is 0.958. The maximum atomic E-state index is 4.16. The minimum absolute atomic E-state index is 1.04. The fraction of sp³-hybridized carbons (Fsp3) is 0.118. The van der Waals surface area contributed by atoms with Crippen LogP contribution in [0.2, 0.25) is 0 Å². The molecule has 0 saturated carbocycles. The van der Waals surface area contributed by atoms with Crippen molar-refractivity contribution in [2.75, 3.05) is 0 Å². The SMILES string of the molecule is c1cncc(CCc2cccc3ccccc23)c1. The van der Waals surface area contributed by atoms with Crippen molar-refractivity contribution in [2.45, 2.75) is 12.8 Å². The number of nitrogens with zero attached hydrogens (tertiary/aromatic N) is 1. The second kappa shape index (κ2) is 5.01. The fourth-order valence-electron chi connectivity index (χ4n) is 2.34. The molecule has 1 aromatic heterocycles. The van der Waals surface area contributed by atoms with E-state index in [1.165, 1.54) is 21.9 Å². The zero-order valence-electron chi connectivity index (χ0n) is 10.2. The Morgan fingerprint density at radius 2 is 1.67 bits per heavy atom. The van der Waals surface area contributed by atoms with E-state index in [2.05, 4.69) is 53.5 Å². The van der Waals surface area contributed by atoms with Gasteiger partial charge in [-0.1, -0.05) is 48.5 Å². The topological polar surface area (TPSA) is 12.9 Å². The molecule has 1 heteroatoms. The number of fused-ring (bicyclic) bond motifs is 1. The highest BCUT2D eigenvalue weighted by atomic mass is 14.6. The smallest absolute Gasteiger partial charge is 0.0299 e. The van der Waals surface area contributed by atoms with Crippen LogP contribution in [0.15, 0.2) is 67.0 Å². The van der Waals surface area contributed by atoms with E-state index >= 15 is 0 Å². The van der Waals surface area contributed by atoms with E-state index in [0.29, 0.717) is 0 Å². The molecular weight excluding hydrogens is 218 g/mol. The molecule has 0 atom stereocenters. The van der Waals surface area contributed by atoms with Gasteiger partial charge in [0.25, 0.3) is 0 Å². The summed E-state index contributed by atoms with van der Waals surface area (Å²) in [6, 6.07) is 19.2. The Hall–Kier alpha value is -2.15. The average molecular weight is 233 g/mol. The Kier molecular flexibility index (Phi) is 3.05. The first-order valence-electron chi connectivity index (χ1n) is 6.29. The van der Waals surface area contributed by atoms with Gasteiger partial charge in [0.05, 0.1) is 0 Å². The number of pyridine rings is 1. The number of rotatable bonds is 3. The summed E-state index contributed by atoms with van der Waals surface area (Å²) in [5.74, 6) is 0. The maximum Gasteiger partial charge on any atom is 0.0299 e. The van der Waals surface area contributed by atoms with Gasteiger partial charge in [-0.15, -0.1) is 0 Å². The van der Waals surface area contributed by atoms with E-state index in [0.717, 1.165) is 12.8 Å². The van der Waals surface area contributed by atoms with Crippen LogP contribution in [0.3, 0.4) is 0 Å². The zero-order valence-corrected chi connectivity index (χ0v) is 10.2. The molecule has 2 aromatic carbocycles. The second-order valence-electron chi connectivity index (χ2n) is 4.50. The number of hydrogen-bond acceptors (Lipinski definition) is 1. The van der Waals surface area contributed by atoms with Gasteiger partial charge < -0.3 is 0 Å². The molecule has 0 N–H and O–H groups in total. The van der Waals surface area contributed by atoms with Crippen LogP contribution >= 0.6 is 0 Å². The molecule has 18 heavy (non-hydrogen) atoms. The lowest BCUT2D eigenvalue weighted by Crippen LogP contribution is -1.92. The van der Waals surface area contributed by atoms with Gasteiger partial charge in [0.1, 0.15) is 0 Å². The molecule has 0 fully saturated rings. The monoisotopic (exact) mass is 233 g/mol. The third-order valence-electron chi connectivity index (χ3n) is 3.29. The van der Waals surface area contributed by atoms with Crippen molar-refractivity contribution in [3.05, 3.63) is 78.1 Å². The van der Waals surface area contributed by atoms with E-state index in [9.17, 15) is 0 Å². The molecule has 3 aromatic rings. The molecule has 0 aliphatic rings. The van der Waals surface area contributed by atoms with Crippen molar-refractivity contribution in [2.24, 2.45) is 0 Å². The quantitative estimate of drug-likeness (QED) is 0.665. The second-order valence-corrected chi connectivity index (χ2v) is 4.50. The number of hydrogen-bond donors (Lipinski definition) is 0. The molecule has 0 radical (unpaired) electrons. The molecule has 0 spiro atoms. The lowest BCUT2D eigenvalue weighted by atomic mass is 9.99. The van der Waals surface area contributed by atoms with Crippen molar-refractivity contribution < 1.29 is 0 Å². The van der Waals surface area contributed by atoms with E-state index in [-0.39, 0.29) is 0 Å². The van der Waals surface area contributed by atoms with Crippen LogP contribution in [0.5, 0.6) is 0 Å². The van der Waals surface area contributed by atoms with E-state index in [4.69, 9.17) is 0 Å². The third-order valence-corrected chi connectivity index (χ3v) is 3.29. The summed E-state index contributed by atoms with van der Waals surface area (Å²) in [5, 5.41) is 2.69. The number of benzene rings is 2. The standard InChI is InChI=1S/C17H15N/c1-2-9-17-15(6-1)7-3-8-16(17)11-10-14-5-4-12-18-13-14/h1-9,12-13H,10-11H2. The van der Waals surface area contributed by atoms with Crippen LogP contribution in [-0.2, 0) is 12.8 Å². The van der Waals surface area contributed by atoms with E-state index in [1.807, 2.05) is 18.5 Å². The normalized spacial score (nSPS) is 10.7. The van der Waals surface area contributed by atoms with Gasteiger partial charge in [0.2, 0.25) is 0 Å². The summed E-state index contributed by atoms with van der Waals surface area (Å²) in [7, 11) is 0. The van der Waals surface area contributed by atoms with Crippen molar-refractivity contribution >= 4 is 10.8 Å². The minimum atomic E-state index is 1.04. The predicted molar refractivity (Wildman–Crippen MR) is 75.6 cm³/mol. The van der Waals surface area contributed by atoms with Gasteiger partial charge in [0, 0.05) is 12.4 Å². The van der Waals surface area contributed by atoms with Crippen LogP contribution in [0.1, 0.15) is 11.1 Å². The van der Waals surface area contributed by atoms with Gasteiger partial charge in [-0.25, -0.2) is 0 Å². The van der Waals surface area contributed by atoms with Crippen LogP contribution < -0.4 is 0 Å². The van der Waals surface area contributed by atoms with E-state index < -0.39 is 0 Å². The molecule has 1 heterocycles. The van der Waals surface area contributed by atoms with E-state index in [1.54, 1.807) is 0 Å². The first-order valence-corrected chi connectivity index (χ1v) is 6.29. The van der Waals surface area contributed by atoms with Crippen LogP contribution in [0.25, 0.3) is 10.8 Å². The summed E-state index contributed by atoms with van der Waals surface area (Å²) in [6.07, 6.45) is 5.88. The molecule has 0 unspecified atom stereocenters. The fourth-order valence-corrected chi connectivity index (χ4v) is 2.34. The van der Waals surface area contributed by atoms with Crippen LogP contribution in [0.4, 0.5) is 0 Å². The van der Waals surface area contributed by atoms with Crippen molar-refractivity contribution in [1.82, 2.24) is 4.98 Å². The summed E-state index contributed by atoms with van der Waals surface area (Å²) in [6.45, 7) is 0. The molecule has 3 rings (SSSR count). The van der Waals surface area contributed by atoms with Gasteiger partial charge in [0.15, 0.2) is 0 Å². The van der Waals surface area contributed by atoms with Gasteiger partial charge in [-0.2, -0.15) is 0 Å². The minimum Gasteiger partial charge on any atom is -0.264 e. The molecule has 0 bridgehead atoms. The van der Waals surface area contributed by atoms with Crippen molar-refractivity contribution in [1.29, 1.82) is 0 Å². The summed E-state index contributed by atoms with van der Waals surface area (Å²) in [5.41, 5.74) is 2.71. The van der Waals surface area contributed by atoms with Crippen LogP contribution in [-0.4, -0.2) is 4.98 Å². The highest BCUT2D eigenvalue weighted by molar-refractivity contribution is 5.85. The number of aryl methyl sites for hydroxylation is 2. The molecule has 0 saturated heterocycles. The summed E-state index contributed by atoms with van der Waals surface area (Å²) >= 11 is 0. The Morgan fingerprint density at radius 1 is 0.778 bits per heavy atom. The Bertz CT molecular complexity index is 639. The predicted octanol–water partition coefficient (Wildman–Crippen LogP) is 4.02. The molecule has 88 valence electrons. The Balaban J connectivity index is 1.87. The first-order chi connectivity index (χ1) is 8.93. The highest BCUT2D eigenvalue weighted by Gasteiger charge is 2.00. The highest BCUT2D eigenvalue weighted by Crippen LogP contribution is 2.19. The summed E-state index contributed by atoms with van der Waals surface area (Å²) in [4.78, 5) is 4.16. The van der Waals surface area contributed by atoms with Crippen molar-refractivity contribution in [3.63, 3.8) is 0 Å². The Morgan fingerprint density at radius 3 is 2.56 bits per heavy atom. The molecule has 0 aliphatic carbocycles. The average Bonchev–Trinajstić information content (AvgIpc) is 2.46. The largest absolute Gasteiger partial charge is 0.264 e. The number of aromatic nitrogens is 1. The third kappa shape index (κ3) is 2.25. The van der Waals surface area contributed by atoms with Crippen LogP contribution in [0, 0.1) is 0 Å². The molecule has 1 nitrogen and oxygen atoms in total. The first kappa shape index (κ1) is 11.0. The van der Waals surface area contributed by atoms with Gasteiger partial charge in [-0.05, 0) is 40.8 Å². The molecule has 0 aliphatic heterocycles. The molecular formula is C17H15N. The van der Waals surface area contributed by atoms with Gasteiger partial charge >= 0.3 is 0 Å². The zero-order chi connectivity index (χ0) is 12.2. The lowest BCUT2D eigenvalue weighted by Gasteiger charge is -2.06. The maximum absolute atomic E-state index is 4.16. The summed E-state index contributed by atoms with van der Waals surface area (Å²) < 4.78 is 0.